The van der Waals surface area contributed by atoms with E-state index in [0.717, 1.165) is 0 Å². The number of allylic oxidation sites excluding steroid dienone is 2. The van der Waals surface area contributed by atoms with E-state index in [2.05, 4.69) is 17.6 Å². The highest BCUT2D eigenvalue weighted by molar-refractivity contribution is 5.41. The van der Waals surface area contributed by atoms with Gasteiger partial charge in [-0.3, -0.25) is 0 Å². The van der Waals surface area contributed by atoms with Crippen LogP contribution < -0.4 is 0 Å². The first kappa shape index (κ1) is 6.14. The second-order valence-corrected chi connectivity index (χ2v) is 2.02. The van der Waals surface area contributed by atoms with Gasteiger partial charge < -0.3 is 4.57 Å². The Balaban J connectivity index is 2.90. The zero-order valence-electron chi connectivity index (χ0n) is 5.83. The molecule has 0 aliphatic rings. The zero-order valence-corrected chi connectivity index (χ0v) is 5.83. The van der Waals surface area contributed by atoms with Crippen LogP contribution in [0, 0.1) is 0 Å². The average Bonchev–Trinajstić information content (AvgIpc) is 2.37. The molecular formula is C8H11N. The van der Waals surface area contributed by atoms with Crippen LogP contribution in [-0.2, 0) is 0 Å². The number of rotatable bonds is 1. The molecule has 0 aliphatic heterocycles. The maximum Gasteiger partial charge on any atom is 0.0146 e. The van der Waals surface area contributed by atoms with Gasteiger partial charge in [-0.15, -0.1) is 0 Å². The van der Waals surface area contributed by atoms with Crippen molar-refractivity contribution >= 4 is 5.70 Å². The van der Waals surface area contributed by atoms with Crippen molar-refractivity contribution < 1.29 is 0 Å². The lowest BCUT2D eigenvalue weighted by Crippen LogP contribution is -1.85. The van der Waals surface area contributed by atoms with E-state index in [1.54, 1.807) is 0 Å². The van der Waals surface area contributed by atoms with Crippen molar-refractivity contribution in [3.05, 3.63) is 30.6 Å². The van der Waals surface area contributed by atoms with Crippen LogP contribution in [0.2, 0.25) is 0 Å². The second kappa shape index (κ2) is 2.53. The van der Waals surface area contributed by atoms with Crippen molar-refractivity contribution in [2.75, 3.05) is 0 Å². The van der Waals surface area contributed by atoms with E-state index in [-0.39, 0.29) is 0 Å². The van der Waals surface area contributed by atoms with Crippen molar-refractivity contribution in [1.29, 1.82) is 0 Å². The smallest absolute Gasteiger partial charge is 0.0146 e. The van der Waals surface area contributed by atoms with Crippen molar-refractivity contribution in [1.82, 2.24) is 4.57 Å². The quantitative estimate of drug-likeness (QED) is 0.537. The van der Waals surface area contributed by atoms with Gasteiger partial charge in [0.05, 0.1) is 0 Å². The van der Waals surface area contributed by atoms with Gasteiger partial charge in [0.15, 0.2) is 0 Å². The standard InChI is InChI=1S/C8H11N/c1-3-8(2)9-6-4-5-7-9/h3-7H,1-2H3/b8-3+. The van der Waals surface area contributed by atoms with Gasteiger partial charge in [-0.1, -0.05) is 6.08 Å². The molecule has 1 aromatic rings. The molecule has 1 heteroatoms. The van der Waals surface area contributed by atoms with E-state index in [9.17, 15) is 0 Å². The Morgan fingerprint density at radius 3 is 2.33 bits per heavy atom. The minimum absolute atomic E-state index is 1.26. The number of hydrogen-bond acceptors (Lipinski definition) is 0. The normalized spacial score (nSPS) is 12.0. The van der Waals surface area contributed by atoms with Crippen molar-refractivity contribution in [3.8, 4) is 0 Å². The van der Waals surface area contributed by atoms with Gasteiger partial charge in [-0.2, -0.15) is 0 Å². The van der Waals surface area contributed by atoms with Gasteiger partial charge in [0.1, 0.15) is 0 Å². The highest BCUT2D eigenvalue weighted by Crippen LogP contribution is 2.01. The molecule has 48 valence electrons. The SMILES string of the molecule is C/C=C(\C)n1cccc1. The molecule has 0 bridgehead atoms. The highest BCUT2D eigenvalue weighted by Gasteiger charge is 1.85. The summed E-state index contributed by atoms with van der Waals surface area (Å²) in [7, 11) is 0. The van der Waals surface area contributed by atoms with Gasteiger partial charge >= 0.3 is 0 Å². The summed E-state index contributed by atoms with van der Waals surface area (Å²) in [5.74, 6) is 0. The lowest BCUT2D eigenvalue weighted by atomic mass is 10.4. The van der Waals surface area contributed by atoms with E-state index in [1.165, 1.54) is 5.70 Å². The predicted octanol–water partition coefficient (Wildman–Crippen LogP) is 2.37. The Hall–Kier alpha value is -0.980. The maximum atomic E-state index is 2.08. The molecule has 0 N–H and O–H groups in total. The molecule has 0 spiro atoms. The fraction of sp³-hybridized carbons (Fsp3) is 0.250. The van der Waals surface area contributed by atoms with Crippen LogP contribution in [0.4, 0.5) is 0 Å². The summed E-state index contributed by atoms with van der Waals surface area (Å²) in [6.07, 6.45) is 6.16. The molecule has 0 atom stereocenters. The Kier molecular flexibility index (Phi) is 1.73. The highest BCUT2D eigenvalue weighted by atomic mass is 14.9. The molecule has 1 nitrogen and oxygen atoms in total. The average molecular weight is 121 g/mol. The van der Waals surface area contributed by atoms with Crippen molar-refractivity contribution in [2.45, 2.75) is 13.8 Å². The lowest BCUT2D eigenvalue weighted by Gasteiger charge is -1.98. The zero-order chi connectivity index (χ0) is 6.69. The van der Waals surface area contributed by atoms with E-state index in [4.69, 9.17) is 0 Å². The van der Waals surface area contributed by atoms with Crippen LogP contribution in [0.1, 0.15) is 13.8 Å². The third-order valence-corrected chi connectivity index (χ3v) is 1.43. The van der Waals surface area contributed by atoms with Crippen LogP contribution in [-0.4, -0.2) is 4.57 Å². The number of aromatic nitrogens is 1. The summed E-state index contributed by atoms with van der Waals surface area (Å²) in [6.45, 7) is 4.12. The van der Waals surface area contributed by atoms with Crippen LogP contribution in [0.25, 0.3) is 5.70 Å². The third kappa shape index (κ3) is 1.22. The maximum absolute atomic E-state index is 2.08. The molecule has 9 heavy (non-hydrogen) atoms. The number of hydrogen-bond donors (Lipinski definition) is 0. The van der Waals surface area contributed by atoms with Gasteiger partial charge in [0.25, 0.3) is 0 Å². The first-order valence-corrected chi connectivity index (χ1v) is 3.11. The molecule has 0 saturated heterocycles. The molecule has 0 aliphatic carbocycles. The fourth-order valence-corrected chi connectivity index (χ4v) is 0.719. The minimum Gasteiger partial charge on any atom is -0.328 e. The van der Waals surface area contributed by atoms with E-state index < -0.39 is 0 Å². The predicted molar refractivity (Wildman–Crippen MR) is 40.1 cm³/mol. The Morgan fingerprint density at radius 1 is 1.33 bits per heavy atom. The van der Waals surface area contributed by atoms with Gasteiger partial charge in [0.2, 0.25) is 0 Å². The number of nitrogens with zero attached hydrogens (tertiary/aromatic N) is 1. The molecule has 0 radical (unpaired) electrons. The van der Waals surface area contributed by atoms with Gasteiger partial charge in [0, 0.05) is 18.1 Å². The topological polar surface area (TPSA) is 4.93 Å². The van der Waals surface area contributed by atoms with Crippen LogP contribution >= 0.6 is 0 Å². The van der Waals surface area contributed by atoms with Crippen LogP contribution in [0.3, 0.4) is 0 Å². The molecule has 0 aromatic carbocycles. The largest absolute Gasteiger partial charge is 0.328 e. The van der Waals surface area contributed by atoms with Crippen molar-refractivity contribution in [2.24, 2.45) is 0 Å². The molecule has 0 unspecified atom stereocenters. The molecule has 1 heterocycles. The van der Waals surface area contributed by atoms with Gasteiger partial charge in [-0.25, -0.2) is 0 Å². The fourth-order valence-electron chi connectivity index (χ4n) is 0.719. The molecule has 1 aromatic heterocycles. The van der Waals surface area contributed by atoms with E-state index in [0.29, 0.717) is 0 Å². The first-order valence-electron chi connectivity index (χ1n) is 3.11. The Bertz CT molecular complexity index is 194. The van der Waals surface area contributed by atoms with Crippen LogP contribution in [0.15, 0.2) is 30.6 Å². The van der Waals surface area contributed by atoms with Gasteiger partial charge in [-0.05, 0) is 26.0 Å². The summed E-state index contributed by atoms with van der Waals surface area (Å²) in [5, 5.41) is 0. The van der Waals surface area contributed by atoms with Crippen LogP contribution in [0.5, 0.6) is 0 Å². The first-order chi connectivity index (χ1) is 4.34. The monoisotopic (exact) mass is 121 g/mol. The summed E-state index contributed by atoms with van der Waals surface area (Å²) >= 11 is 0. The summed E-state index contributed by atoms with van der Waals surface area (Å²) in [5.41, 5.74) is 1.26. The Morgan fingerprint density at radius 2 is 1.89 bits per heavy atom. The molecule has 1 rings (SSSR count). The lowest BCUT2D eigenvalue weighted by molar-refractivity contribution is 1.10. The Labute approximate surface area is 55.6 Å². The minimum atomic E-state index is 1.26. The molecule has 0 amide bonds. The summed E-state index contributed by atoms with van der Waals surface area (Å²) < 4.78 is 2.08. The van der Waals surface area contributed by atoms with E-state index >= 15 is 0 Å². The molecular weight excluding hydrogens is 110 g/mol. The third-order valence-electron chi connectivity index (χ3n) is 1.43. The second-order valence-electron chi connectivity index (χ2n) is 2.02. The van der Waals surface area contributed by atoms with Crippen molar-refractivity contribution in [3.63, 3.8) is 0 Å². The summed E-state index contributed by atoms with van der Waals surface area (Å²) in [4.78, 5) is 0. The molecule has 0 saturated carbocycles. The van der Waals surface area contributed by atoms with E-state index in [1.807, 2.05) is 31.5 Å². The summed E-state index contributed by atoms with van der Waals surface area (Å²) in [6, 6.07) is 4.04. The molecule has 0 fully saturated rings.